The maximum absolute atomic E-state index is 12.0. The second-order valence-corrected chi connectivity index (χ2v) is 6.48. The number of nitrogens with zero attached hydrogens (tertiary/aromatic N) is 2. The lowest BCUT2D eigenvalue weighted by Gasteiger charge is -2.26. The standard InChI is InChI=1S/C9H17N3O4S/c1-6(8(10)11-14)12(2)9(13)7-3-4-17(15,16)5-7/h6-7,14H,3-5H2,1-2H3,(H2,10,11). The largest absolute Gasteiger partial charge is 0.409 e. The molecule has 2 unspecified atom stereocenters. The highest BCUT2D eigenvalue weighted by Crippen LogP contribution is 2.21. The van der Waals surface area contributed by atoms with Gasteiger partial charge in [-0.05, 0) is 13.3 Å². The molecule has 7 nitrogen and oxygen atoms in total. The van der Waals surface area contributed by atoms with E-state index in [0.29, 0.717) is 6.42 Å². The van der Waals surface area contributed by atoms with Crippen molar-refractivity contribution < 1.29 is 18.4 Å². The average Bonchev–Trinajstić information content (AvgIpc) is 2.65. The number of hydrogen-bond donors (Lipinski definition) is 2. The van der Waals surface area contributed by atoms with E-state index in [1.807, 2.05) is 0 Å². The molecule has 0 bridgehead atoms. The monoisotopic (exact) mass is 263 g/mol. The van der Waals surface area contributed by atoms with Crippen LogP contribution in [0, 0.1) is 5.92 Å². The second kappa shape index (κ2) is 4.91. The van der Waals surface area contributed by atoms with Crippen LogP contribution in [0.1, 0.15) is 13.3 Å². The average molecular weight is 263 g/mol. The molecule has 8 heteroatoms. The predicted octanol–water partition coefficient (Wildman–Crippen LogP) is -0.986. The molecule has 0 aromatic rings. The van der Waals surface area contributed by atoms with Crippen molar-refractivity contribution in [2.24, 2.45) is 16.8 Å². The van der Waals surface area contributed by atoms with Crippen LogP contribution in [0.15, 0.2) is 5.16 Å². The highest BCUT2D eigenvalue weighted by atomic mass is 32.2. The van der Waals surface area contributed by atoms with Gasteiger partial charge in [0.25, 0.3) is 0 Å². The summed E-state index contributed by atoms with van der Waals surface area (Å²) in [5.74, 6) is -0.945. The molecule has 1 aliphatic rings. The number of amides is 1. The van der Waals surface area contributed by atoms with E-state index < -0.39 is 21.8 Å². The highest BCUT2D eigenvalue weighted by Gasteiger charge is 2.36. The molecule has 1 heterocycles. The molecule has 0 radical (unpaired) electrons. The maximum atomic E-state index is 12.0. The van der Waals surface area contributed by atoms with E-state index >= 15 is 0 Å². The Labute approximate surface area is 100 Å². The van der Waals surface area contributed by atoms with Crippen molar-refractivity contribution in [2.45, 2.75) is 19.4 Å². The first kappa shape index (κ1) is 13.8. The molecule has 1 fully saturated rings. The Hall–Kier alpha value is -1.31. The van der Waals surface area contributed by atoms with Crippen molar-refractivity contribution in [3.8, 4) is 0 Å². The summed E-state index contributed by atoms with van der Waals surface area (Å²) in [4.78, 5) is 13.3. The third-order valence-corrected chi connectivity index (χ3v) is 4.82. The first-order chi connectivity index (χ1) is 7.78. The Bertz CT molecular complexity index is 432. The van der Waals surface area contributed by atoms with Gasteiger partial charge < -0.3 is 15.8 Å². The summed E-state index contributed by atoms with van der Waals surface area (Å²) in [5.41, 5.74) is 5.40. The topological polar surface area (TPSA) is 113 Å². The summed E-state index contributed by atoms with van der Waals surface area (Å²) in [5, 5.41) is 11.3. The Morgan fingerprint density at radius 3 is 2.59 bits per heavy atom. The van der Waals surface area contributed by atoms with Crippen LogP contribution in [0.25, 0.3) is 0 Å². The van der Waals surface area contributed by atoms with Gasteiger partial charge in [0.15, 0.2) is 15.7 Å². The number of sulfone groups is 1. The number of rotatable bonds is 3. The van der Waals surface area contributed by atoms with Crippen molar-refractivity contribution in [3.63, 3.8) is 0 Å². The Morgan fingerprint density at radius 2 is 2.18 bits per heavy atom. The lowest BCUT2D eigenvalue weighted by molar-refractivity contribution is -0.134. The number of carbonyl (C=O) groups is 1. The van der Waals surface area contributed by atoms with Gasteiger partial charge in [0, 0.05) is 7.05 Å². The van der Waals surface area contributed by atoms with Gasteiger partial charge in [-0.3, -0.25) is 4.79 Å². The van der Waals surface area contributed by atoms with Gasteiger partial charge in [-0.15, -0.1) is 0 Å². The Kier molecular flexibility index (Phi) is 3.97. The first-order valence-corrected chi connectivity index (χ1v) is 7.05. The van der Waals surface area contributed by atoms with Gasteiger partial charge >= 0.3 is 0 Å². The van der Waals surface area contributed by atoms with Crippen molar-refractivity contribution >= 4 is 21.6 Å². The first-order valence-electron chi connectivity index (χ1n) is 5.23. The molecule has 98 valence electrons. The molecular formula is C9H17N3O4S. The third kappa shape index (κ3) is 3.09. The molecular weight excluding hydrogens is 246 g/mol. The quantitative estimate of drug-likeness (QED) is 0.294. The fourth-order valence-electron chi connectivity index (χ4n) is 1.75. The minimum atomic E-state index is -3.08. The van der Waals surface area contributed by atoms with E-state index in [2.05, 4.69) is 5.16 Å². The molecule has 0 aromatic carbocycles. The van der Waals surface area contributed by atoms with Gasteiger partial charge in [0.1, 0.15) is 0 Å². The van der Waals surface area contributed by atoms with Crippen molar-refractivity contribution in [3.05, 3.63) is 0 Å². The predicted molar refractivity (Wildman–Crippen MR) is 62.4 cm³/mol. The molecule has 1 saturated heterocycles. The number of carbonyl (C=O) groups excluding carboxylic acids is 1. The summed E-state index contributed by atoms with van der Waals surface area (Å²) in [6.45, 7) is 1.61. The van der Waals surface area contributed by atoms with Crippen LogP contribution in [-0.2, 0) is 14.6 Å². The van der Waals surface area contributed by atoms with Crippen molar-refractivity contribution in [2.75, 3.05) is 18.6 Å². The van der Waals surface area contributed by atoms with Crippen LogP contribution in [0.3, 0.4) is 0 Å². The summed E-state index contributed by atoms with van der Waals surface area (Å²) >= 11 is 0. The molecule has 0 aliphatic carbocycles. The lowest BCUT2D eigenvalue weighted by atomic mass is 10.1. The van der Waals surface area contributed by atoms with Gasteiger partial charge in [0.2, 0.25) is 5.91 Å². The number of oxime groups is 1. The van der Waals surface area contributed by atoms with Crippen LogP contribution in [-0.4, -0.2) is 54.9 Å². The van der Waals surface area contributed by atoms with Crippen LogP contribution >= 0.6 is 0 Å². The van der Waals surface area contributed by atoms with Gasteiger partial charge in [-0.1, -0.05) is 5.16 Å². The van der Waals surface area contributed by atoms with E-state index in [1.54, 1.807) is 6.92 Å². The Balaban J connectivity index is 2.72. The smallest absolute Gasteiger partial charge is 0.227 e. The van der Waals surface area contributed by atoms with Crippen LogP contribution in [0.5, 0.6) is 0 Å². The summed E-state index contributed by atoms with van der Waals surface area (Å²) in [6, 6.07) is -0.559. The zero-order valence-corrected chi connectivity index (χ0v) is 10.6. The fourth-order valence-corrected chi connectivity index (χ4v) is 3.48. The third-order valence-electron chi connectivity index (χ3n) is 3.05. The van der Waals surface area contributed by atoms with Crippen LogP contribution in [0.4, 0.5) is 0 Å². The molecule has 1 amide bonds. The number of amidine groups is 1. The SMILES string of the molecule is CC(C(N)=NO)N(C)C(=O)C1CCS(=O)(=O)C1. The molecule has 3 N–H and O–H groups in total. The van der Waals surface area contributed by atoms with Crippen LogP contribution in [0.2, 0.25) is 0 Å². The molecule has 1 aliphatic heterocycles. The fraction of sp³-hybridized carbons (Fsp3) is 0.778. The van der Waals surface area contributed by atoms with E-state index in [9.17, 15) is 13.2 Å². The summed E-state index contributed by atoms with van der Waals surface area (Å²) in [7, 11) is -1.57. The van der Waals surface area contributed by atoms with Gasteiger partial charge in [-0.2, -0.15) is 0 Å². The van der Waals surface area contributed by atoms with Gasteiger partial charge in [-0.25, -0.2) is 8.42 Å². The molecule has 0 saturated carbocycles. The normalized spacial score (nSPS) is 25.5. The molecule has 0 aromatic heterocycles. The minimum absolute atomic E-state index is 0.0508. The van der Waals surface area contributed by atoms with E-state index in [4.69, 9.17) is 10.9 Å². The van der Waals surface area contributed by atoms with E-state index in [1.165, 1.54) is 11.9 Å². The number of likely N-dealkylation sites (N-methyl/N-ethyl adjacent to an activating group) is 1. The maximum Gasteiger partial charge on any atom is 0.227 e. The zero-order valence-electron chi connectivity index (χ0n) is 9.83. The van der Waals surface area contributed by atoms with E-state index in [-0.39, 0.29) is 23.2 Å². The summed E-state index contributed by atoms with van der Waals surface area (Å²) < 4.78 is 22.5. The minimum Gasteiger partial charge on any atom is -0.409 e. The number of nitrogens with two attached hydrogens (primary N) is 1. The lowest BCUT2D eigenvalue weighted by Crippen LogP contribution is -2.46. The molecule has 0 spiro atoms. The zero-order chi connectivity index (χ0) is 13.2. The summed E-state index contributed by atoms with van der Waals surface area (Å²) in [6.07, 6.45) is 0.342. The second-order valence-electron chi connectivity index (χ2n) is 4.25. The molecule has 1 rings (SSSR count). The van der Waals surface area contributed by atoms with E-state index in [0.717, 1.165) is 0 Å². The van der Waals surface area contributed by atoms with Crippen molar-refractivity contribution in [1.29, 1.82) is 0 Å². The van der Waals surface area contributed by atoms with Gasteiger partial charge in [0.05, 0.1) is 23.5 Å². The molecule has 17 heavy (non-hydrogen) atoms. The van der Waals surface area contributed by atoms with Crippen molar-refractivity contribution in [1.82, 2.24) is 4.90 Å². The van der Waals surface area contributed by atoms with Crippen LogP contribution < -0.4 is 5.73 Å². The highest BCUT2D eigenvalue weighted by molar-refractivity contribution is 7.91. The number of hydrogen-bond acceptors (Lipinski definition) is 5. The Morgan fingerprint density at radius 1 is 1.59 bits per heavy atom. The molecule has 2 atom stereocenters.